The predicted octanol–water partition coefficient (Wildman–Crippen LogP) is 4.40. The lowest BCUT2D eigenvalue weighted by Gasteiger charge is -2.17. The summed E-state index contributed by atoms with van der Waals surface area (Å²) < 4.78 is 45.6. The summed E-state index contributed by atoms with van der Waals surface area (Å²) in [5.74, 6) is -2.12. The predicted molar refractivity (Wildman–Crippen MR) is 89.8 cm³/mol. The summed E-state index contributed by atoms with van der Waals surface area (Å²) in [6.07, 6.45) is 1.85. The zero-order chi connectivity index (χ0) is 15.9. The molecule has 0 bridgehead atoms. The van der Waals surface area contributed by atoms with Crippen molar-refractivity contribution in [3.05, 3.63) is 24.3 Å². The quantitative estimate of drug-likeness (QED) is 0.471. The fourth-order valence-electron chi connectivity index (χ4n) is 1.33. The van der Waals surface area contributed by atoms with Crippen LogP contribution < -0.4 is 4.18 Å². The van der Waals surface area contributed by atoms with E-state index in [1.165, 1.54) is 17.4 Å². The minimum atomic E-state index is -3.64. The Morgan fingerprint density at radius 1 is 1.24 bits per heavy atom. The molecule has 0 fully saturated rings. The lowest BCUT2D eigenvalue weighted by atomic mass is 10.3. The summed E-state index contributed by atoms with van der Waals surface area (Å²) in [4.78, 5) is 0.489. The van der Waals surface area contributed by atoms with E-state index in [1.807, 2.05) is 6.92 Å². The van der Waals surface area contributed by atoms with Crippen LogP contribution >= 0.6 is 28.5 Å². The highest BCUT2D eigenvalue weighted by Crippen LogP contribution is 2.72. The van der Waals surface area contributed by atoms with Crippen LogP contribution in [0.4, 0.5) is 0 Å². The molecular weight excluding hydrogens is 351 g/mol. The fourth-order valence-corrected chi connectivity index (χ4v) is 8.77. The van der Waals surface area contributed by atoms with Gasteiger partial charge in [-0.1, -0.05) is 30.4 Å². The van der Waals surface area contributed by atoms with E-state index in [0.29, 0.717) is 17.3 Å². The molecule has 0 saturated carbocycles. The average Bonchev–Trinajstić information content (AvgIpc) is 2.37. The van der Waals surface area contributed by atoms with Crippen LogP contribution in [-0.2, 0) is 19.2 Å². The molecule has 0 heterocycles. The van der Waals surface area contributed by atoms with E-state index in [1.54, 1.807) is 25.1 Å². The first-order valence-corrected chi connectivity index (χ1v) is 12.8. The minimum Gasteiger partial charge on any atom is -0.381 e. The molecular formula is C12H19O5PS3. The van der Waals surface area contributed by atoms with Gasteiger partial charge in [0.1, 0.15) is 0 Å². The van der Waals surface area contributed by atoms with Gasteiger partial charge in [-0.2, -0.15) is 8.42 Å². The molecule has 5 nitrogen and oxygen atoms in total. The van der Waals surface area contributed by atoms with Crippen molar-refractivity contribution in [2.24, 2.45) is 0 Å². The van der Waals surface area contributed by atoms with Gasteiger partial charge in [0.25, 0.3) is 0 Å². The summed E-state index contributed by atoms with van der Waals surface area (Å²) in [5, 5.41) is 0. The Balaban J connectivity index is 3.01. The maximum Gasteiger partial charge on any atom is 0.317 e. The number of hydrogen-bond donors (Lipinski definition) is 0. The van der Waals surface area contributed by atoms with Gasteiger partial charge in [0, 0.05) is 5.75 Å². The van der Waals surface area contributed by atoms with Gasteiger partial charge in [0.2, 0.25) is 0 Å². The molecule has 9 heteroatoms. The highest BCUT2D eigenvalue weighted by atomic mass is 33.1. The van der Waals surface area contributed by atoms with E-state index < -0.39 is 15.9 Å². The number of hydrogen-bond acceptors (Lipinski definition) is 7. The third-order valence-corrected chi connectivity index (χ3v) is 9.77. The van der Waals surface area contributed by atoms with Crippen LogP contribution in [0.15, 0.2) is 29.2 Å². The SMILES string of the molecule is CCCSP(=O)(OCC)Sc1ccccc1OS(C)(=O)=O. The number of rotatable bonds is 9. The molecule has 0 aliphatic rings. The van der Waals surface area contributed by atoms with Gasteiger partial charge in [-0.05, 0) is 36.9 Å². The van der Waals surface area contributed by atoms with Crippen molar-refractivity contribution in [2.45, 2.75) is 25.2 Å². The summed E-state index contributed by atoms with van der Waals surface area (Å²) in [6, 6.07) is 6.60. The van der Waals surface area contributed by atoms with Crippen molar-refractivity contribution in [3.8, 4) is 5.75 Å². The van der Waals surface area contributed by atoms with Crippen LogP contribution in [0.1, 0.15) is 20.3 Å². The summed E-state index contributed by atoms with van der Waals surface area (Å²) >= 11 is 2.29. The van der Waals surface area contributed by atoms with E-state index in [2.05, 4.69) is 0 Å². The maximum atomic E-state index is 12.8. The molecule has 1 rings (SSSR count). The molecule has 0 saturated heterocycles. The molecule has 0 aromatic heterocycles. The Morgan fingerprint density at radius 3 is 2.48 bits per heavy atom. The van der Waals surface area contributed by atoms with Crippen molar-refractivity contribution in [3.63, 3.8) is 0 Å². The Kier molecular flexibility index (Phi) is 7.64. The Morgan fingerprint density at radius 2 is 1.90 bits per heavy atom. The van der Waals surface area contributed by atoms with Crippen LogP contribution in [0.3, 0.4) is 0 Å². The van der Waals surface area contributed by atoms with E-state index in [9.17, 15) is 13.0 Å². The molecule has 120 valence electrons. The maximum absolute atomic E-state index is 12.8. The molecule has 0 spiro atoms. The lowest BCUT2D eigenvalue weighted by molar-refractivity contribution is 0.357. The summed E-state index contributed by atoms with van der Waals surface area (Å²) in [6.45, 7) is 4.10. The zero-order valence-corrected chi connectivity index (χ0v) is 15.5. The Bertz CT molecular complexity index is 603. The highest BCUT2D eigenvalue weighted by Gasteiger charge is 2.27. The van der Waals surface area contributed by atoms with Crippen molar-refractivity contribution < 1.29 is 21.7 Å². The second-order valence-electron chi connectivity index (χ2n) is 4.02. The molecule has 0 amide bonds. The van der Waals surface area contributed by atoms with Gasteiger partial charge in [0.15, 0.2) is 5.75 Å². The second kappa shape index (κ2) is 8.48. The topological polar surface area (TPSA) is 69.7 Å². The van der Waals surface area contributed by atoms with Crippen molar-refractivity contribution >= 4 is 38.7 Å². The summed E-state index contributed by atoms with van der Waals surface area (Å²) in [5.41, 5.74) is 0. The first-order valence-electron chi connectivity index (χ1n) is 6.37. The van der Waals surface area contributed by atoms with Crippen LogP contribution in [0.25, 0.3) is 0 Å². The monoisotopic (exact) mass is 370 g/mol. The molecule has 0 aliphatic carbocycles. The zero-order valence-electron chi connectivity index (χ0n) is 12.1. The van der Waals surface area contributed by atoms with Crippen LogP contribution in [0.2, 0.25) is 0 Å². The van der Waals surface area contributed by atoms with Crippen LogP contribution in [0, 0.1) is 0 Å². The van der Waals surface area contributed by atoms with Gasteiger partial charge in [-0.3, -0.25) is 4.57 Å². The fraction of sp³-hybridized carbons (Fsp3) is 0.500. The van der Waals surface area contributed by atoms with E-state index in [-0.39, 0.29) is 5.75 Å². The van der Waals surface area contributed by atoms with Gasteiger partial charge >= 0.3 is 15.9 Å². The first-order chi connectivity index (χ1) is 9.79. The van der Waals surface area contributed by atoms with E-state index in [0.717, 1.165) is 24.1 Å². The minimum absolute atomic E-state index is 0.169. The molecule has 1 unspecified atom stereocenters. The summed E-state index contributed by atoms with van der Waals surface area (Å²) in [7, 11) is -3.64. The molecule has 0 radical (unpaired) electrons. The third-order valence-electron chi connectivity index (χ3n) is 2.04. The molecule has 1 aromatic carbocycles. The van der Waals surface area contributed by atoms with Crippen LogP contribution in [0.5, 0.6) is 5.75 Å². The average molecular weight is 370 g/mol. The van der Waals surface area contributed by atoms with Gasteiger partial charge in [-0.15, -0.1) is 0 Å². The Hall–Kier alpha value is -0.140. The normalized spacial score (nSPS) is 14.6. The first kappa shape index (κ1) is 18.9. The molecule has 1 atom stereocenters. The smallest absolute Gasteiger partial charge is 0.317 e. The molecule has 1 aromatic rings. The molecule has 21 heavy (non-hydrogen) atoms. The highest BCUT2D eigenvalue weighted by molar-refractivity contribution is 8.89. The number of benzene rings is 1. The largest absolute Gasteiger partial charge is 0.381 e. The number of para-hydroxylation sites is 1. The second-order valence-corrected chi connectivity index (χ2v) is 12.9. The van der Waals surface area contributed by atoms with E-state index in [4.69, 9.17) is 8.71 Å². The van der Waals surface area contributed by atoms with Gasteiger partial charge in [0.05, 0.1) is 17.8 Å². The van der Waals surface area contributed by atoms with Crippen molar-refractivity contribution in [1.82, 2.24) is 0 Å². The van der Waals surface area contributed by atoms with E-state index >= 15 is 0 Å². The van der Waals surface area contributed by atoms with Gasteiger partial charge < -0.3 is 8.71 Å². The van der Waals surface area contributed by atoms with Crippen molar-refractivity contribution in [2.75, 3.05) is 18.6 Å². The van der Waals surface area contributed by atoms with Gasteiger partial charge in [-0.25, -0.2) is 0 Å². The lowest BCUT2D eigenvalue weighted by Crippen LogP contribution is -2.06. The third kappa shape index (κ3) is 7.10. The standard InChI is InChI=1S/C12H19O5PS3/c1-4-10-19-18(13,16-5-2)20-12-9-7-6-8-11(12)17-21(3,14)15/h6-9H,4-5,10H2,1-3H3. The van der Waals surface area contributed by atoms with Crippen LogP contribution in [-0.4, -0.2) is 27.0 Å². The van der Waals surface area contributed by atoms with Crippen molar-refractivity contribution in [1.29, 1.82) is 0 Å². The molecule has 0 aliphatic heterocycles. The molecule has 0 N–H and O–H groups in total. The Labute approximate surface area is 134 Å².